The smallest absolute Gasteiger partial charge is 0.272 e. The fourth-order valence-corrected chi connectivity index (χ4v) is 1.93. The van der Waals surface area contributed by atoms with Crippen molar-refractivity contribution in [3.05, 3.63) is 52.3 Å². The average Bonchev–Trinajstić information content (AvgIpc) is 2.49. The molecule has 1 aromatic carbocycles. The maximum absolute atomic E-state index is 11.8. The zero-order valence-corrected chi connectivity index (χ0v) is 12.7. The maximum Gasteiger partial charge on any atom is 0.272 e. The minimum atomic E-state index is -0.401. The zero-order chi connectivity index (χ0) is 15.2. The second-order valence-electron chi connectivity index (χ2n) is 3.99. The lowest BCUT2D eigenvalue weighted by Crippen LogP contribution is -2.17. The number of carbonyl (C=O) groups excluding carboxylic acids is 1. The minimum absolute atomic E-state index is 0.0397. The fourth-order valence-electron chi connectivity index (χ4n) is 1.57. The lowest BCUT2D eigenvalue weighted by atomic mass is 10.2. The Morgan fingerprint density at radius 1 is 1.48 bits per heavy atom. The molecule has 0 saturated heterocycles. The summed E-state index contributed by atoms with van der Waals surface area (Å²) in [5, 5.41) is 13.7. The number of para-hydroxylation sites is 1. The number of amides is 1. The quantitative estimate of drug-likeness (QED) is 0.655. The van der Waals surface area contributed by atoms with Crippen LogP contribution in [0.15, 0.2) is 46.2 Å². The SMILES string of the molecule is COc1cccc(/C=N/NC(=O)c2cncc(Br)c2)c1O. The van der Waals surface area contributed by atoms with Gasteiger partial charge in [0.1, 0.15) is 0 Å². The molecule has 0 atom stereocenters. The highest BCUT2D eigenvalue weighted by molar-refractivity contribution is 9.10. The topological polar surface area (TPSA) is 83.8 Å². The number of hydrogen-bond acceptors (Lipinski definition) is 5. The Morgan fingerprint density at radius 3 is 3.00 bits per heavy atom. The van der Waals surface area contributed by atoms with Crippen LogP contribution in [0.25, 0.3) is 0 Å². The lowest BCUT2D eigenvalue weighted by molar-refractivity contribution is 0.0954. The molecule has 6 nitrogen and oxygen atoms in total. The van der Waals surface area contributed by atoms with Gasteiger partial charge >= 0.3 is 0 Å². The summed E-state index contributed by atoms with van der Waals surface area (Å²) in [4.78, 5) is 15.7. The molecule has 7 heteroatoms. The van der Waals surface area contributed by atoms with Crippen molar-refractivity contribution in [2.45, 2.75) is 0 Å². The number of hydrazone groups is 1. The fraction of sp³-hybridized carbons (Fsp3) is 0.0714. The molecule has 0 fully saturated rings. The van der Waals surface area contributed by atoms with E-state index in [1.807, 2.05) is 0 Å². The van der Waals surface area contributed by atoms with E-state index in [-0.39, 0.29) is 5.75 Å². The maximum atomic E-state index is 11.8. The van der Waals surface area contributed by atoms with Crippen molar-refractivity contribution >= 4 is 28.1 Å². The Morgan fingerprint density at radius 2 is 2.29 bits per heavy atom. The third-order valence-electron chi connectivity index (χ3n) is 2.59. The molecule has 1 amide bonds. The highest BCUT2D eigenvalue weighted by Gasteiger charge is 2.06. The van der Waals surface area contributed by atoms with Crippen LogP contribution in [0.3, 0.4) is 0 Å². The highest BCUT2D eigenvalue weighted by atomic mass is 79.9. The van der Waals surface area contributed by atoms with Gasteiger partial charge in [0.25, 0.3) is 5.91 Å². The van der Waals surface area contributed by atoms with Crippen molar-refractivity contribution in [3.8, 4) is 11.5 Å². The number of methoxy groups -OCH3 is 1. The molecule has 2 aromatic rings. The van der Waals surface area contributed by atoms with Crippen LogP contribution in [-0.4, -0.2) is 29.3 Å². The van der Waals surface area contributed by atoms with Gasteiger partial charge in [0.05, 0.1) is 18.9 Å². The first-order valence-electron chi connectivity index (χ1n) is 5.91. The van der Waals surface area contributed by atoms with E-state index in [1.165, 1.54) is 19.5 Å². The highest BCUT2D eigenvalue weighted by Crippen LogP contribution is 2.27. The molecule has 0 radical (unpaired) electrons. The molecule has 2 N–H and O–H groups in total. The number of phenolic OH excluding ortho intramolecular Hbond substituents is 1. The van der Waals surface area contributed by atoms with E-state index >= 15 is 0 Å². The van der Waals surface area contributed by atoms with Crippen molar-refractivity contribution in [1.29, 1.82) is 0 Å². The van der Waals surface area contributed by atoms with Crippen molar-refractivity contribution in [2.24, 2.45) is 5.10 Å². The van der Waals surface area contributed by atoms with Crippen molar-refractivity contribution in [2.75, 3.05) is 7.11 Å². The van der Waals surface area contributed by atoms with Crippen LogP contribution in [0, 0.1) is 0 Å². The predicted octanol–water partition coefficient (Wildman–Crippen LogP) is 2.32. The normalized spacial score (nSPS) is 10.6. The molecule has 0 aliphatic rings. The monoisotopic (exact) mass is 349 g/mol. The summed E-state index contributed by atoms with van der Waals surface area (Å²) in [6, 6.07) is 6.60. The Bertz CT molecular complexity index is 689. The summed E-state index contributed by atoms with van der Waals surface area (Å²) in [5.41, 5.74) is 3.16. The van der Waals surface area contributed by atoms with E-state index in [0.29, 0.717) is 21.3 Å². The van der Waals surface area contributed by atoms with E-state index in [4.69, 9.17) is 4.74 Å². The predicted molar refractivity (Wildman–Crippen MR) is 81.7 cm³/mol. The number of aromatic nitrogens is 1. The number of nitrogens with zero attached hydrogens (tertiary/aromatic N) is 2. The number of aromatic hydroxyl groups is 1. The van der Waals surface area contributed by atoms with Gasteiger partial charge in [-0.05, 0) is 34.1 Å². The Labute approximate surface area is 129 Å². The van der Waals surface area contributed by atoms with Gasteiger partial charge in [0.15, 0.2) is 11.5 Å². The van der Waals surface area contributed by atoms with Gasteiger partial charge in [-0.1, -0.05) is 6.07 Å². The van der Waals surface area contributed by atoms with Gasteiger partial charge in [-0.2, -0.15) is 5.10 Å². The summed E-state index contributed by atoms with van der Waals surface area (Å²) >= 11 is 3.23. The molecule has 108 valence electrons. The number of phenols is 1. The first-order chi connectivity index (χ1) is 10.1. The van der Waals surface area contributed by atoms with Crippen LogP contribution in [0.1, 0.15) is 15.9 Å². The first-order valence-corrected chi connectivity index (χ1v) is 6.71. The molecule has 1 heterocycles. The van der Waals surface area contributed by atoms with Crippen LogP contribution in [0.4, 0.5) is 0 Å². The summed E-state index contributed by atoms with van der Waals surface area (Å²) in [7, 11) is 1.46. The summed E-state index contributed by atoms with van der Waals surface area (Å²) in [5.74, 6) is -0.106. The number of benzene rings is 1. The van der Waals surface area contributed by atoms with Crippen molar-refractivity contribution < 1.29 is 14.6 Å². The Hall–Kier alpha value is -2.41. The standard InChI is InChI=1S/C14H12BrN3O3/c1-21-12-4-2-3-9(13(12)19)7-17-18-14(20)10-5-11(15)8-16-6-10/h2-8,19H,1H3,(H,18,20)/b17-7+. The molecular formula is C14H12BrN3O3. The van der Waals surface area contributed by atoms with E-state index < -0.39 is 5.91 Å². The minimum Gasteiger partial charge on any atom is -0.504 e. The molecule has 0 saturated carbocycles. The van der Waals surface area contributed by atoms with Crippen molar-refractivity contribution in [3.63, 3.8) is 0 Å². The van der Waals surface area contributed by atoms with E-state index in [9.17, 15) is 9.90 Å². The van der Waals surface area contributed by atoms with E-state index in [0.717, 1.165) is 0 Å². The van der Waals surface area contributed by atoms with Gasteiger partial charge in [0, 0.05) is 22.4 Å². The molecule has 0 aliphatic heterocycles. The number of halogens is 1. The van der Waals surface area contributed by atoms with E-state index in [2.05, 4.69) is 31.4 Å². The third kappa shape index (κ3) is 3.79. The number of nitrogens with one attached hydrogen (secondary N) is 1. The molecule has 1 aromatic heterocycles. The van der Waals surface area contributed by atoms with E-state index in [1.54, 1.807) is 30.5 Å². The van der Waals surface area contributed by atoms with Crippen LogP contribution >= 0.6 is 15.9 Å². The molecule has 21 heavy (non-hydrogen) atoms. The van der Waals surface area contributed by atoms with Crippen LogP contribution < -0.4 is 10.2 Å². The Kier molecular flexibility index (Phi) is 4.89. The first kappa shape index (κ1) is 15.0. The number of carbonyl (C=O) groups is 1. The third-order valence-corrected chi connectivity index (χ3v) is 3.02. The van der Waals surface area contributed by atoms with Gasteiger partial charge < -0.3 is 9.84 Å². The molecule has 0 spiro atoms. The summed E-state index contributed by atoms with van der Waals surface area (Å²) in [6.45, 7) is 0. The number of hydrogen-bond donors (Lipinski definition) is 2. The summed E-state index contributed by atoms with van der Waals surface area (Å²) < 4.78 is 5.68. The second-order valence-corrected chi connectivity index (χ2v) is 4.90. The summed E-state index contributed by atoms with van der Waals surface area (Å²) in [6.07, 6.45) is 4.34. The van der Waals surface area contributed by atoms with Gasteiger partial charge in [-0.25, -0.2) is 5.43 Å². The van der Waals surface area contributed by atoms with Gasteiger partial charge in [-0.3, -0.25) is 9.78 Å². The van der Waals surface area contributed by atoms with Crippen LogP contribution in [0.5, 0.6) is 11.5 Å². The molecular weight excluding hydrogens is 338 g/mol. The molecule has 0 bridgehead atoms. The van der Waals surface area contributed by atoms with Gasteiger partial charge in [0.2, 0.25) is 0 Å². The second kappa shape index (κ2) is 6.85. The molecule has 0 unspecified atom stereocenters. The Balaban J connectivity index is 2.07. The number of pyridine rings is 1. The average molecular weight is 350 g/mol. The lowest BCUT2D eigenvalue weighted by Gasteiger charge is -2.05. The van der Waals surface area contributed by atoms with Crippen LogP contribution in [0.2, 0.25) is 0 Å². The number of ether oxygens (including phenoxy) is 1. The van der Waals surface area contributed by atoms with Gasteiger partial charge in [-0.15, -0.1) is 0 Å². The molecule has 2 rings (SSSR count). The zero-order valence-electron chi connectivity index (χ0n) is 11.1. The molecule has 0 aliphatic carbocycles. The van der Waals surface area contributed by atoms with Crippen LogP contribution in [-0.2, 0) is 0 Å². The largest absolute Gasteiger partial charge is 0.504 e. The van der Waals surface area contributed by atoms with Crippen molar-refractivity contribution in [1.82, 2.24) is 10.4 Å². The number of rotatable bonds is 4.